The van der Waals surface area contributed by atoms with E-state index in [0.717, 1.165) is 36.9 Å². The van der Waals surface area contributed by atoms with Crippen LogP contribution in [0.2, 0.25) is 0 Å². The number of benzene rings is 1. The van der Waals surface area contributed by atoms with Crippen molar-refractivity contribution >= 4 is 28.8 Å². The highest BCUT2D eigenvalue weighted by atomic mass is 16.5. The smallest absolute Gasteiger partial charge is 0.258 e. The molecule has 0 aliphatic carbocycles. The van der Waals surface area contributed by atoms with Crippen molar-refractivity contribution in [2.75, 3.05) is 45.7 Å². The number of imidazole rings is 1. The van der Waals surface area contributed by atoms with E-state index in [1.54, 1.807) is 12.1 Å². The minimum Gasteiger partial charge on any atom is -0.489 e. The zero-order valence-corrected chi connectivity index (χ0v) is 24.9. The van der Waals surface area contributed by atoms with Gasteiger partial charge < -0.3 is 24.3 Å². The minimum absolute atomic E-state index is 0.257. The molecule has 0 saturated carbocycles. The number of nitrogens with zero attached hydrogens (tertiary/aromatic N) is 6. The number of fused-ring (bicyclic) bond motifs is 7. The number of ether oxygens (including phenoxy) is 2. The van der Waals surface area contributed by atoms with Gasteiger partial charge in [0.2, 0.25) is 17.7 Å². The van der Waals surface area contributed by atoms with Gasteiger partial charge in [0.15, 0.2) is 0 Å². The normalized spacial score (nSPS) is 13.7. The Balaban J connectivity index is 1.47. The lowest BCUT2D eigenvalue weighted by atomic mass is 10.1. The Bertz CT molecular complexity index is 1620. The van der Waals surface area contributed by atoms with E-state index in [0.29, 0.717) is 66.3 Å². The lowest BCUT2D eigenvalue weighted by molar-refractivity contribution is -0.116. The van der Waals surface area contributed by atoms with Crippen LogP contribution in [0.3, 0.4) is 0 Å². The van der Waals surface area contributed by atoms with Crippen LogP contribution in [0.25, 0.3) is 22.3 Å². The van der Waals surface area contributed by atoms with Crippen LogP contribution in [0.5, 0.6) is 11.6 Å². The first-order valence-electron chi connectivity index (χ1n) is 14.5. The summed E-state index contributed by atoms with van der Waals surface area (Å²) < 4.78 is 16.1. The molecule has 4 aromatic rings. The van der Waals surface area contributed by atoms with Crippen molar-refractivity contribution in [2.45, 2.75) is 39.3 Å². The Hall–Kier alpha value is -4.71. The molecule has 2 amide bonds. The van der Waals surface area contributed by atoms with Gasteiger partial charge in [0, 0.05) is 30.5 Å². The third kappa shape index (κ3) is 7.20. The van der Waals surface area contributed by atoms with Crippen LogP contribution in [0.15, 0.2) is 49.2 Å². The van der Waals surface area contributed by atoms with Crippen molar-refractivity contribution in [2.24, 2.45) is 0 Å². The molecule has 12 nitrogen and oxygen atoms in total. The molecule has 0 atom stereocenters. The molecular weight excluding hydrogens is 548 g/mol. The molecule has 0 radical (unpaired) electrons. The number of hydrogen-bond acceptors (Lipinski definition) is 8. The standard InChI is InChI=1S/C31H38N8O4/c1-5-27(40)32-12-17-42-26-11-9-10-24-28(26)39-13-7-6-8-16-43-30-23(20-38(36-30)15-14-37(3)4)25-19-22(18-21(2)33-25)29(41)35-31(39)34-24/h5,9-11,18-20H,1,6-8,12-17H2,2-4H3,(H,32,40)(H,34,35,41). The predicted octanol–water partition coefficient (Wildman–Crippen LogP) is 3.66. The van der Waals surface area contributed by atoms with Crippen LogP contribution in [0.4, 0.5) is 5.95 Å². The number of carbonyl (C=O) groups excluding carboxylic acids is 2. The van der Waals surface area contributed by atoms with Crippen LogP contribution in [-0.4, -0.2) is 81.4 Å². The van der Waals surface area contributed by atoms with Crippen molar-refractivity contribution in [3.8, 4) is 22.9 Å². The Labute approximate surface area is 250 Å². The number of carbonyl (C=O) groups is 2. The maximum absolute atomic E-state index is 13.7. The topological polar surface area (TPSA) is 128 Å². The third-order valence-corrected chi connectivity index (χ3v) is 7.06. The number of amides is 2. The molecule has 0 spiro atoms. The fourth-order valence-electron chi connectivity index (χ4n) is 4.92. The van der Waals surface area contributed by atoms with Crippen molar-refractivity contribution in [3.63, 3.8) is 0 Å². The highest BCUT2D eigenvalue weighted by Crippen LogP contribution is 2.32. The van der Waals surface area contributed by atoms with Crippen molar-refractivity contribution in [1.82, 2.24) is 34.5 Å². The molecule has 1 aliphatic heterocycles. The van der Waals surface area contributed by atoms with Gasteiger partial charge in [-0.25, -0.2) is 4.98 Å². The zero-order valence-electron chi connectivity index (χ0n) is 24.9. The second kappa shape index (κ2) is 13.5. The minimum atomic E-state index is -0.296. The first kappa shape index (κ1) is 29.8. The number of likely N-dealkylation sites (N-methyl/N-ethyl adjacent to an activating group) is 1. The van der Waals surface area contributed by atoms with Crippen molar-refractivity contribution < 1.29 is 19.1 Å². The number of para-hydroxylation sites is 1. The summed E-state index contributed by atoms with van der Waals surface area (Å²) in [4.78, 5) is 36.8. The maximum Gasteiger partial charge on any atom is 0.258 e. The molecule has 1 aromatic carbocycles. The number of nitrogens with one attached hydrogen (secondary N) is 2. The molecule has 1 aliphatic rings. The monoisotopic (exact) mass is 586 g/mol. The number of anilines is 1. The largest absolute Gasteiger partial charge is 0.489 e. The Morgan fingerprint density at radius 3 is 2.91 bits per heavy atom. The second-order valence-electron chi connectivity index (χ2n) is 10.7. The zero-order chi connectivity index (χ0) is 30.3. The highest BCUT2D eigenvalue weighted by Gasteiger charge is 2.21. The molecule has 2 bridgehead atoms. The molecule has 3 aromatic heterocycles. The number of aryl methyl sites for hydroxylation is 2. The summed E-state index contributed by atoms with van der Waals surface area (Å²) in [6.45, 7) is 8.59. The van der Waals surface area contributed by atoms with Crippen LogP contribution in [-0.2, 0) is 17.9 Å². The molecule has 4 heterocycles. The highest BCUT2D eigenvalue weighted by molar-refractivity contribution is 6.05. The van der Waals surface area contributed by atoms with Gasteiger partial charge in [-0.3, -0.25) is 24.6 Å². The van der Waals surface area contributed by atoms with Crippen LogP contribution < -0.4 is 20.1 Å². The number of rotatable bonds is 8. The lowest BCUT2D eigenvalue weighted by Crippen LogP contribution is -2.26. The summed E-state index contributed by atoms with van der Waals surface area (Å²) in [5, 5.41) is 10.5. The molecule has 0 unspecified atom stereocenters. The summed E-state index contributed by atoms with van der Waals surface area (Å²) in [5.41, 5.74) is 4.02. The van der Waals surface area contributed by atoms with Gasteiger partial charge in [-0.2, -0.15) is 0 Å². The lowest BCUT2D eigenvalue weighted by Gasteiger charge is -2.13. The summed E-state index contributed by atoms with van der Waals surface area (Å²) in [7, 11) is 4.04. The molecule has 0 saturated heterocycles. The van der Waals surface area contributed by atoms with Gasteiger partial charge in [-0.15, -0.1) is 5.10 Å². The van der Waals surface area contributed by atoms with Gasteiger partial charge in [-0.1, -0.05) is 12.6 Å². The van der Waals surface area contributed by atoms with E-state index in [4.69, 9.17) is 24.5 Å². The summed E-state index contributed by atoms with van der Waals surface area (Å²) in [5.74, 6) is 1.03. The molecule has 226 valence electrons. The summed E-state index contributed by atoms with van der Waals surface area (Å²) in [6.07, 6.45) is 5.72. The van der Waals surface area contributed by atoms with Gasteiger partial charge in [-0.05, 0) is 70.6 Å². The first-order chi connectivity index (χ1) is 20.8. The van der Waals surface area contributed by atoms with Crippen molar-refractivity contribution in [1.29, 1.82) is 0 Å². The maximum atomic E-state index is 13.7. The van der Waals surface area contributed by atoms with E-state index in [-0.39, 0.29) is 18.4 Å². The Morgan fingerprint density at radius 1 is 1.23 bits per heavy atom. The van der Waals surface area contributed by atoms with E-state index in [9.17, 15) is 9.59 Å². The summed E-state index contributed by atoms with van der Waals surface area (Å²) in [6, 6.07) is 9.14. The first-order valence-corrected chi connectivity index (χ1v) is 14.5. The third-order valence-electron chi connectivity index (χ3n) is 7.06. The molecule has 0 fully saturated rings. The molecule has 5 rings (SSSR count). The van der Waals surface area contributed by atoms with E-state index in [2.05, 4.69) is 22.1 Å². The van der Waals surface area contributed by atoms with Gasteiger partial charge in [0.25, 0.3) is 5.91 Å². The van der Waals surface area contributed by atoms with Crippen LogP contribution in [0.1, 0.15) is 35.3 Å². The van der Waals surface area contributed by atoms with E-state index >= 15 is 0 Å². The SMILES string of the molecule is C=CC(=O)NCCOc1cccc2nc3n(c12)CCCCCOc1nn(CCN(C)C)cc1-c1cc(cc(C)n1)C(=O)N3. The van der Waals surface area contributed by atoms with Crippen molar-refractivity contribution in [3.05, 3.63) is 60.4 Å². The molecule has 43 heavy (non-hydrogen) atoms. The van der Waals surface area contributed by atoms with Gasteiger partial charge >= 0.3 is 0 Å². The number of aromatic nitrogens is 5. The second-order valence-corrected chi connectivity index (χ2v) is 10.7. The van der Waals surface area contributed by atoms with E-state index in [1.807, 2.05) is 54.7 Å². The average molecular weight is 587 g/mol. The van der Waals surface area contributed by atoms with Gasteiger partial charge in [0.05, 0.1) is 36.5 Å². The summed E-state index contributed by atoms with van der Waals surface area (Å²) >= 11 is 0. The Morgan fingerprint density at radius 2 is 2.09 bits per heavy atom. The average Bonchev–Trinajstić information content (AvgIpc) is 3.56. The molecule has 2 N–H and O–H groups in total. The van der Waals surface area contributed by atoms with E-state index in [1.165, 1.54) is 6.08 Å². The Kier molecular flexibility index (Phi) is 9.35. The fourth-order valence-corrected chi connectivity index (χ4v) is 4.92. The molecular formula is C31H38N8O4. The number of pyridine rings is 1. The van der Waals surface area contributed by atoms with Gasteiger partial charge in [0.1, 0.15) is 17.9 Å². The molecule has 12 heteroatoms. The predicted molar refractivity (Wildman–Crippen MR) is 164 cm³/mol. The van der Waals surface area contributed by atoms with E-state index < -0.39 is 0 Å². The van der Waals surface area contributed by atoms with Crippen LogP contribution in [0, 0.1) is 6.92 Å². The quantitative estimate of drug-likeness (QED) is 0.237. The number of hydrogen-bond donors (Lipinski definition) is 2. The van der Waals surface area contributed by atoms with Crippen LogP contribution >= 0.6 is 0 Å². The fraction of sp³-hybridized carbons (Fsp3) is 0.387.